The Morgan fingerprint density at radius 3 is 2.95 bits per heavy atom. The zero-order valence-corrected chi connectivity index (χ0v) is 13.3. The first-order valence-corrected chi connectivity index (χ1v) is 7.88. The van der Waals surface area contributed by atoms with Crippen LogP contribution in [0.15, 0.2) is 18.2 Å². The molecular weight excluding hydrogens is 264 g/mol. The first-order valence-electron chi connectivity index (χ1n) is 7.88. The van der Waals surface area contributed by atoms with E-state index in [-0.39, 0.29) is 5.60 Å². The van der Waals surface area contributed by atoms with E-state index in [0.717, 1.165) is 37.3 Å². The number of hydrogen-bond acceptors (Lipinski definition) is 4. The lowest BCUT2D eigenvalue weighted by atomic mass is 9.82. The van der Waals surface area contributed by atoms with Gasteiger partial charge in [0.25, 0.3) is 0 Å². The van der Waals surface area contributed by atoms with Gasteiger partial charge in [0, 0.05) is 24.6 Å². The van der Waals surface area contributed by atoms with Gasteiger partial charge in [0.05, 0.1) is 7.11 Å². The van der Waals surface area contributed by atoms with Crippen molar-refractivity contribution in [3.63, 3.8) is 0 Å². The Labute approximate surface area is 127 Å². The predicted octanol–water partition coefficient (Wildman–Crippen LogP) is 2.59. The predicted molar refractivity (Wildman–Crippen MR) is 84.1 cm³/mol. The molecule has 2 aliphatic heterocycles. The summed E-state index contributed by atoms with van der Waals surface area (Å²) in [6, 6.07) is 6.50. The largest absolute Gasteiger partial charge is 0.497 e. The molecule has 0 aliphatic carbocycles. The number of fused-ring (bicyclic) bond motifs is 1. The van der Waals surface area contributed by atoms with E-state index in [1.165, 1.54) is 18.5 Å². The molecule has 0 bridgehead atoms. The topological polar surface area (TPSA) is 33.7 Å². The van der Waals surface area contributed by atoms with Gasteiger partial charge in [-0.05, 0) is 58.1 Å². The fourth-order valence-electron chi connectivity index (χ4n) is 3.64. The van der Waals surface area contributed by atoms with E-state index in [1.807, 2.05) is 13.1 Å². The smallest absolute Gasteiger partial charge is 0.125 e. The molecule has 21 heavy (non-hydrogen) atoms. The van der Waals surface area contributed by atoms with Crippen molar-refractivity contribution in [2.75, 3.05) is 34.3 Å². The fourth-order valence-corrected chi connectivity index (χ4v) is 3.64. The number of nitrogens with zero attached hydrogens (tertiary/aromatic N) is 1. The van der Waals surface area contributed by atoms with Crippen LogP contribution >= 0.6 is 0 Å². The average molecular weight is 290 g/mol. The van der Waals surface area contributed by atoms with Crippen molar-refractivity contribution in [3.05, 3.63) is 23.8 Å². The van der Waals surface area contributed by atoms with Gasteiger partial charge in [-0.25, -0.2) is 0 Å². The zero-order valence-electron chi connectivity index (χ0n) is 13.3. The van der Waals surface area contributed by atoms with E-state index in [2.05, 4.69) is 29.4 Å². The number of benzene rings is 1. The molecule has 2 aliphatic rings. The Bertz CT molecular complexity index is 506. The van der Waals surface area contributed by atoms with Gasteiger partial charge >= 0.3 is 0 Å². The van der Waals surface area contributed by atoms with Crippen LogP contribution in [0.25, 0.3) is 0 Å². The summed E-state index contributed by atoms with van der Waals surface area (Å²) in [6.45, 7) is 2.28. The number of methoxy groups -OCH3 is 1. The minimum absolute atomic E-state index is 0.0139. The van der Waals surface area contributed by atoms with Crippen molar-refractivity contribution in [3.8, 4) is 11.5 Å². The molecule has 1 fully saturated rings. The Balaban J connectivity index is 1.91. The van der Waals surface area contributed by atoms with Gasteiger partial charge in [-0.15, -0.1) is 0 Å². The minimum atomic E-state index is -0.0139. The third kappa shape index (κ3) is 2.87. The molecular formula is C17H26N2O2. The van der Waals surface area contributed by atoms with Crippen LogP contribution in [0.3, 0.4) is 0 Å². The van der Waals surface area contributed by atoms with Crippen LogP contribution in [0.1, 0.15) is 37.3 Å². The lowest BCUT2D eigenvalue weighted by molar-refractivity contribution is 0.0180. The van der Waals surface area contributed by atoms with E-state index in [9.17, 15) is 0 Å². The van der Waals surface area contributed by atoms with Crippen molar-refractivity contribution in [1.29, 1.82) is 0 Å². The first kappa shape index (κ1) is 14.7. The molecule has 0 aromatic heterocycles. The van der Waals surface area contributed by atoms with Gasteiger partial charge in [-0.2, -0.15) is 0 Å². The quantitative estimate of drug-likeness (QED) is 0.908. The molecule has 3 rings (SSSR count). The SMILES string of the molecule is CNC1CC2(CCCN(C)CC2)Oc2ccc(OC)cc21. The second-order valence-corrected chi connectivity index (χ2v) is 6.39. The highest BCUT2D eigenvalue weighted by molar-refractivity contribution is 5.44. The van der Waals surface area contributed by atoms with Gasteiger partial charge in [0.15, 0.2) is 0 Å². The van der Waals surface area contributed by atoms with Gasteiger partial charge in [-0.1, -0.05) is 0 Å². The van der Waals surface area contributed by atoms with Gasteiger partial charge in [-0.3, -0.25) is 0 Å². The number of likely N-dealkylation sites (tertiary alicyclic amines) is 1. The number of hydrogen-bond donors (Lipinski definition) is 1. The highest BCUT2D eigenvalue weighted by atomic mass is 16.5. The third-order valence-corrected chi connectivity index (χ3v) is 4.96. The van der Waals surface area contributed by atoms with E-state index in [1.54, 1.807) is 7.11 Å². The monoisotopic (exact) mass is 290 g/mol. The maximum absolute atomic E-state index is 6.50. The van der Waals surface area contributed by atoms with E-state index in [4.69, 9.17) is 9.47 Å². The molecule has 1 spiro atoms. The highest BCUT2D eigenvalue weighted by Crippen LogP contribution is 2.45. The summed E-state index contributed by atoms with van der Waals surface area (Å²) in [5.41, 5.74) is 1.21. The van der Waals surface area contributed by atoms with E-state index in [0.29, 0.717) is 6.04 Å². The normalized spacial score (nSPS) is 29.6. The van der Waals surface area contributed by atoms with Crippen molar-refractivity contribution in [2.45, 2.75) is 37.3 Å². The van der Waals surface area contributed by atoms with Crippen molar-refractivity contribution in [2.24, 2.45) is 0 Å². The maximum Gasteiger partial charge on any atom is 0.125 e. The Morgan fingerprint density at radius 1 is 1.33 bits per heavy atom. The van der Waals surface area contributed by atoms with Crippen LogP contribution in [0, 0.1) is 0 Å². The second kappa shape index (κ2) is 5.85. The van der Waals surface area contributed by atoms with Crippen LogP contribution in [0.4, 0.5) is 0 Å². The summed E-state index contributed by atoms with van der Waals surface area (Å²) < 4.78 is 11.9. The third-order valence-electron chi connectivity index (χ3n) is 4.96. The molecule has 0 amide bonds. The summed E-state index contributed by atoms with van der Waals surface area (Å²) in [4.78, 5) is 2.41. The van der Waals surface area contributed by atoms with Crippen molar-refractivity contribution < 1.29 is 9.47 Å². The molecule has 0 radical (unpaired) electrons. The summed E-state index contributed by atoms with van der Waals surface area (Å²) in [5.74, 6) is 1.92. The van der Waals surface area contributed by atoms with Crippen molar-refractivity contribution >= 4 is 0 Å². The summed E-state index contributed by atoms with van der Waals surface area (Å²) in [6.07, 6.45) is 4.49. The average Bonchev–Trinajstić information content (AvgIpc) is 2.68. The summed E-state index contributed by atoms with van der Waals surface area (Å²) in [5, 5.41) is 3.47. The van der Waals surface area contributed by atoms with Crippen LogP contribution < -0.4 is 14.8 Å². The molecule has 116 valence electrons. The van der Waals surface area contributed by atoms with Gasteiger partial charge in [0.2, 0.25) is 0 Å². The lowest BCUT2D eigenvalue weighted by Crippen LogP contribution is -2.44. The minimum Gasteiger partial charge on any atom is -0.497 e. The summed E-state index contributed by atoms with van der Waals surface area (Å²) >= 11 is 0. The first-order chi connectivity index (χ1) is 10.2. The van der Waals surface area contributed by atoms with E-state index < -0.39 is 0 Å². The Hall–Kier alpha value is -1.26. The molecule has 4 heteroatoms. The molecule has 1 N–H and O–H groups in total. The maximum atomic E-state index is 6.50. The number of ether oxygens (including phenoxy) is 2. The molecule has 2 heterocycles. The number of rotatable bonds is 2. The molecule has 1 saturated heterocycles. The molecule has 2 unspecified atom stereocenters. The van der Waals surface area contributed by atoms with Gasteiger partial charge < -0.3 is 19.7 Å². The van der Waals surface area contributed by atoms with E-state index >= 15 is 0 Å². The molecule has 1 aromatic rings. The molecule has 0 saturated carbocycles. The number of nitrogens with one attached hydrogen (secondary N) is 1. The lowest BCUT2D eigenvalue weighted by Gasteiger charge is -2.42. The van der Waals surface area contributed by atoms with Crippen LogP contribution in [-0.2, 0) is 0 Å². The van der Waals surface area contributed by atoms with Crippen LogP contribution in [0.5, 0.6) is 11.5 Å². The fraction of sp³-hybridized carbons (Fsp3) is 0.647. The zero-order chi connectivity index (χ0) is 14.9. The van der Waals surface area contributed by atoms with Crippen LogP contribution in [0.2, 0.25) is 0 Å². The molecule has 1 aromatic carbocycles. The van der Waals surface area contributed by atoms with Crippen LogP contribution in [-0.4, -0.2) is 44.8 Å². The standard InChI is InChI=1S/C17H26N2O2/c1-18-15-12-17(7-4-9-19(2)10-8-17)21-16-6-5-13(20-3)11-14(15)16/h5-6,11,15,18H,4,7-10,12H2,1-3H3. The second-order valence-electron chi connectivity index (χ2n) is 6.39. The van der Waals surface area contributed by atoms with Gasteiger partial charge in [0.1, 0.15) is 17.1 Å². The summed E-state index contributed by atoms with van der Waals surface area (Å²) in [7, 11) is 5.95. The van der Waals surface area contributed by atoms with Crippen molar-refractivity contribution in [1.82, 2.24) is 10.2 Å². The Morgan fingerprint density at radius 2 is 2.19 bits per heavy atom. The Kier molecular flexibility index (Phi) is 4.09. The molecule has 2 atom stereocenters. The highest BCUT2D eigenvalue weighted by Gasteiger charge is 2.41. The molecule has 4 nitrogen and oxygen atoms in total.